The van der Waals surface area contributed by atoms with Gasteiger partial charge < -0.3 is 9.30 Å². The Hall–Kier alpha value is -3.93. The van der Waals surface area contributed by atoms with Gasteiger partial charge in [0.1, 0.15) is 5.65 Å². The predicted molar refractivity (Wildman–Crippen MR) is 153 cm³/mol. The fourth-order valence-corrected chi connectivity index (χ4v) is 5.29. The zero-order valence-electron chi connectivity index (χ0n) is 21.3. The van der Waals surface area contributed by atoms with E-state index in [2.05, 4.69) is 58.8 Å². The lowest BCUT2D eigenvalue weighted by molar-refractivity contribution is 0.0627. The summed E-state index contributed by atoms with van der Waals surface area (Å²) in [5.74, 6) is 0.102. The maximum Gasteiger partial charge on any atom is 0.253 e. The lowest BCUT2D eigenvalue weighted by Crippen LogP contribution is -2.48. The molecule has 2 aromatic heterocycles. The SMILES string of the molecule is Cc1cccc(-c2ccc3nc(-c4ccc(Cl)cc4)c(CN4CCN(C(=O)c5ccccc5)CC4)n3c2)c1. The van der Waals surface area contributed by atoms with E-state index in [1.54, 1.807) is 0 Å². The number of pyridine rings is 1. The Morgan fingerprint density at radius 2 is 1.55 bits per heavy atom. The highest BCUT2D eigenvalue weighted by Gasteiger charge is 2.24. The number of aryl methyl sites for hydroxylation is 1. The topological polar surface area (TPSA) is 40.9 Å². The second kappa shape index (κ2) is 10.4. The van der Waals surface area contributed by atoms with Crippen LogP contribution in [0.1, 0.15) is 21.6 Å². The van der Waals surface area contributed by atoms with E-state index >= 15 is 0 Å². The molecule has 1 saturated heterocycles. The quantitative estimate of drug-likeness (QED) is 0.262. The van der Waals surface area contributed by atoms with Crippen molar-refractivity contribution in [3.63, 3.8) is 0 Å². The smallest absolute Gasteiger partial charge is 0.253 e. The Bertz CT molecular complexity index is 1590. The molecule has 1 aliphatic rings. The average Bonchev–Trinajstić information content (AvgIpc) is 3.31. The van der Waals surface area contributed by atoms with E-state index in [-0.39, 0.29) is 5.91 Å². The van der Waals surface area contributed by atoms with Crippen LogP contribution in [0.5, 0.6) is 0 Å². The van der Waals surface area contributed by atoms with E-state index in [1.807, 2.05) is 59.5 Å². The first-order valence-corrected chi connectivity index (χ1v) is 13.3. The molecule has 38 heavy (non-hydrogen) atoms. The summed E-state index contributed by atoms with van der Waals surface area (Å²) in [6, 6.07) is 30.2. The van der Waals surface area contributed by atoms with Crippen LogP contribution in [0.25, 0.3) is 28.0 Å². The fraction of sp³-hybridized carbons (Fsp3) is 0.188. The molecule has 6 rings (SSSR count). The lowest BCUT2D eigenvalue weighted by Gasteiger charge is -2.34. The number of carbonyl (C=O) groups is 1. The van der Waals surface area contributed by atoms with Gasteiger partial charge in [-0.25, -0.2) is 4.98 Å². The molecule has 0 unspecified atom stereocenters. The highest BCUT2D eigenvalue weighted by molar-refractivity contribution is 6.30. The van der Waals surface area contributed by atoms with Crippen LogP contribution in [0.3, 0.4) is 0 Å². The minimum atomic E-state index is 0.102. The van der Waals surface area contributed by atoms with E-state index < -0.39 is 0 Å². The summed E-state index contributed by atoms with van der Waals surface area (Å²) in [6.45, 7) is 5.88. The maximum absolute atomic E-state index is 12.9. The van der Waals surface area contributed by atoms with Gasteiger partial charge in [0.15, 0.2) is 0 Å². The minimum Gasteiger partial charge on any atom is -0.336 e. The first-order valence-electron chi connectivity index (χ1n) is 13.0. The van der Waals surface area contributed by atoms with Gasteiger partial charge in [-0.2, -0.15) is 0 Å². The number of fused-ring (bicyclic) bond motifs is 1. The first kappa shape index (κ1) is 24.4. The van der Waals surface area contributed by atoms with Crippen molar-refractivity contribution in [1.82, 2.24) is 19.2 Å². The van der Waals surface area contributed by atoms with Crippen molar-refractivity contribution in [3.8, 4) is 22.4 Å². The number of piperazine rings is 1. The van der Waals surface area contributed by atoms with Crippen molar-refractivity contribution in [2.75, 3.05) is 26.2 Å². The van der Waals surface area contributed by atoms with Gasteiger partial charge in [0.2, 0.25) is 0 Å². The Morgan fingerprint density at radius 3 is 2.29 bits per heavy atom. The largest absolute Gasteiger partial charge is 0.336 e. The molecule has 0 radical (unpaired) electrons. The molecule has 0 atom stereocenters. The fourth-order valence-electron chi connectivity index (χ4n) is 5.16. The number of amides is 1. The van der Waals surface area contributed by atoms with E-state index in [0.29, 0.717) is 18.1 Å². The zero-order chi connectivity index (χ0) is 26.1. The molecule has 3 aromatic carbocycles. The molecule has 0 saturated carbocycles. The third-order valence-electron chi connectivity index (χ3n) is 7.24. The minimum absolute atomic E-state index is 0.102. The second-order valence-corrected chi connectivity index (χ2v) is 10.3. The number of hydrogen-bond donors (Lipinski definition) is 0. The van der Waals surface area contributed by atoms with E-state index in [9.17, 15) is 4.79 Å². The van der Waals surface area contributed by atoms with Crippen LogP contribution < -0.4 is 0 Å². The van der Waals surface area contributed by atoms with Gasteiger partial charge in [0.05, 0.1) is 11.4 Å². The highest BCUT2D eigenvalue weighted by Crippen LogP contribution is 2.30. The summed E-state index contributed by atoms with van der Waals surface area (Å²) in [5, 5.41) is 0.708. The lowest BCUT2D eigenvalue weighted by atomic mass is 10.1. The Balaban J connectivity index is 1.31. The molecule has 0 bridgehead atoms. The molecule has 6 heteroatoms. The Kier molecular flexibility index (Phi) is 6.71. The van der Waals surface area contributed by atoms with Crippen LogP contribution in [-0.2, 0) is 6.54 Å². The summed E-state index contributed by atoms with van der Waals surface area (Å²) in [7, 11) is 0. The number of aromatic nitrogens is 2. The van der Waals surface area contributed by atoms with E-state index in [0.717, 1.165) is 53.4 Å². The van der Waals surface area contributed by atoms with Gasteiger partial charge in [-0.1, -0.05) is 71.8 Å². The molecular weight excluding hydrogens is 492 g/mol. The molecule has 0 spiro atoms. The molecule has 1 amide bonds. The van der Waals surface area contributed by atoms with Gasteiger partial charge in [-0.15, -0.1) is 0 Å². The maximum atomic E-state index is 12.9. The van der Waals surface area contributed by atoms with E-state index in [1.165, 1.54) is 11.1 Å². The van der Waals surface area contributed by atoms with Crippen molar-refractivity contribution in [3.05, 3.63) is 119 Å². The molecule has 5 aromatic rings. The monoisotopic (exact) mass is 520 g/mol. The van der Waals surface area contributed by atoms with Crippen LogP contribution in [-0.4, -0.2) is 51.3 Å². The van der Waals surface area contributed by atoms with Gasteiger partial charge in [-0.3, -0.25) is 9.69 Å². The Labute approximate surface area is 227 Å². The predicted octanol–water partition coefficient (Wildman–Crippen LogP) is 6.59. The zero-order valence-corrected chi connectivity index (χ0v) is 22.1. The number of rotatable bonds is 5. The van der Waals surface area contributed by atoms with E-state index in [4.69, 9.17) is 16.6 Å². The number of imidazole rings is 1. The summed E-state index contributed by atoms with van der Waals surface area (Å²) in [4.78, 5) is 22.4. The van der Waals surface area contributed by atoms with Crippen LogP contribution >= 0.6 is 11.6 Å². The van der Waals surface area contributed by atoms with Crippen molar-refractivity contribution in [1.29, 1.82) is 0 Å². The average molecular weight is 521 g/mol. The van der Waals surface area contributed by atoms with Crippen molar-refractivity contribution >= 4 is 23.2 Å². The first-order chi connectivity index (χ1) is 18.5. The van der Waals surface area contributed by atoms with Gasteiger partial charge in [-0.05, 0) is 54.4 Å². The number of halogens is 1. The van der Waals surface area contributed by atoms with Crippen molar-refractivity contribution < 1.29 is 4.79 Å². The summed E-state index contributed by atoms with van der Waals surface area (Å²) in [6.07, 6.45) is 2.20. The Morgan fingerprint density at radius 1 is 0.816 bits per heavy atom. The van der Waals surface area contributed by atoms with Crippen molar-refractivity contribution in [2.45, 2.75) is 13.5 Å². The van der Waals surface area contributed by atoms with Gasteiger partial charge in [0, 0.05) is 55.1 Å². The third-order valence-corrected chi connectivity index (χ3v) is 7.49. The van der Waals surface area contributed by atoms with Crippen molar-refractivity contribution in [2.24, 2.45) is 0 Å². The van der Waals surface area contributed by atoms with Crippen LogP contribution in [0, 0.1) is 6.92 Å². The third kappa shape index (κ3) is 4.95. The normalized spacial score (nSPS) is 14.2. The number of nitrogens with zero attached hydrogens (tertiary/aromatic N) is 4. The molecule has 0 N–H and O–H groups in total. The number of benzene rings is 3. The molecule has 0 aliphatic carbocycles. The molecule has 3 heterocycles. The number of hydrogen-bond acceptors (Lipinski definition) is 3. The standard InChI is InChI=1S/C32H29ClN4O/c1-23-6-5-9-26(20-23)27-12-15-30-34-31(24-10-13-28(33)14-11-24)29(37(30)21-27)22-35-16-18-36(19-17-35)32(38)25-7-3-2-4-8-25/h2-15,20-21H,16-19,22H2,1H3. The molecular formula is C32H29ClN4O. The molecule has 1 fully saturated rings. The van der Waals surface area contributed by atoms with Crippen LogP contribution in [0.2, 0.25) is 5.02 Å². The molecule has 190 valence electrons. The van der Waals surface area contributed by atoms with Crippen LogP contribution in [0.4, 0.5) is 0 Å². The van der Waals surface area contributed by atoms with Gasteiger partial charge >= 0.3 is 0 Å². The highest BCUT2D eigenvalue weighted by atomic mass is 35.5. The summed E-state index contributed by atoms with van der Waals surface area (Å²) in [5.41, 5.74) is 8.39. The summed E-state index contributed by atoms with van der Waals surface area (Å²) < 4.78 is 2.23. The molecule has 1 aliphatic heterocycles. The van der Waals surface area contributed by atoms with Crippen LogP contribution in [0.15, 0.2) is 97.2 Å². The molecule has 5 nitrogen and oxygen atoms in total. The second-order valence-electron chi connectivity index (χ2n) is 9.86. The number of carbonyl (C=O) groups excluding carboxylic acids is 1. The van der Waals surface area contributed by atoms with Gasteiger partial charge in [0.25, 0.3) is 5.91 Å². The summed E-state index contributed by atoms with van der Waals surface area (Å²) >= 11 is 6.19.